The molecule has 0 radical (unpaired) electrons. The molecule has 0 bridgehead atoms. The highest BCUT2D eigenvalue weighted by molar-refractivity contribution is 5.74. The summed E-state index contributed by atoms with van der Waals surface area (Å²) in [5.41, 5.74) is 0. The molecule has 3 unspecified atom stereocenters. The number of rotatable bonds is 5. The van der Waals surface area contributed by atoms with Crippen LogP contribution in [0.2, 0.25) is 0 Å². The molecule has 2 amide bonds. The van der Waals surface area contributed by atoms with Crippen molar-refractivity contribution in [3.63, 3.8) is 0 Å². The van der Waals surface area contributed by atoms with E-state index in [1.807, 2.05) is 32.9 Å². The predicted octanol–water partition coefficient (Wildman–Crippen LogP) is 2.48. The molecule has 1 aliphatic rings. The number of methoxy groups -OCH3 is 1. The van der Waals surface area contributed by atoms with E-state index in [-0.39, 0.29) is 24.3 Å². The Labute approximate surface area is 131 Å². The summed E-state index contributed by atoms with van der Waals surface area (Å²) in [6.07, 6.45) is 0.778. The van der Waals surface area contributed by atoms with Crippen molar-refractivity contribution in [2.24, 2.45) is 0 Å². The van der Waals surface area contributed by atoms with Crippen molar-refractivity contribution < 1.29 is 18.7 Å². The van der Waals surface area contributed by atoms with Gasteiger partial charge in [-0.05, 0) is 39.3 Å². The van der Waals surface area contributed by atoms with Gasteiger partial charge in [0, 0.05) is 26.8 Å². The third kappa shape index (κ3) is 4.48. The molecule has 22 heavy (non-hydrogen) atoms. The summed E-state index contributed by atoms with van der Waals surface area (Å²) in [4.78, 5) is 14.3. The highest BCUT2D eigenvalue weighted by atomic mass is 16.5. The van der Waals surface area contributed by atoms with Crippen molar-refractivity contribution in [3.8, 4) is 0 Å². The largest absolute Gasteiger partial charge is 0.464 e. The number of morpholine rings is 1. The van der Waals surface area contributed by atoms with Gasteiger partial charge in [0.25, 0.3) is 0 Å². The van der Waals surface area contributed by atoms with Crippen molar-refractivity contribution in [1.29, 1.82) is 0 Å². The van der Waals surface area contributed by atoms with Crippen molar-refractivity contribution in [2.75, 3.05) is 26.8 Å². The first kappa shape index (κ1) is 16.8. The first-order valence-electron chi connectivity index (χ1n) is 7.75. The van der Waals surface area contributed by atoms with Crippen molar-refractivity contribution in [3.05, 3.63) is 23.7 Å². The van der Waals surface area contributed by atoms with Gasteiger partial charge in [-0.1, -0.05) is 0 Å². The Bertz CT molecular complexity index is 478. The number of ether oxygens (including phenoxy) is 2. The average molecular weight is 310 g/mol. The maximum Gasteiger partial charge on any atom is 0.318 e. The van der Waals surface area contributed by atoms with Gasteiger partial charge in [0.2, 0.25) is 0 Å². The van der Waals surface area contributed by atoms with Crippen LogP contribution >= 0.6 is 0 Å². The molecule has 1 aromatic rings. The molecule has 0 aliphatic carbocycles. The van der Waals surface area contributed by atoms with Crippen LogP contribution in [0, 0.1) is 6.92 Å². The zero-order valence-corrected chi connectivity index (χ0v) is 13.8. The Kier molecular flexibility index (Phi) is 5.85. The van der Waals surface area contributed by atoms with E-state index < -0.39 is 0 Å². The molecule has 6 nitrogen and oxygen atoms in total. The number of hydrogen-bond acceptors (Lipinski definition) is 4. The molecule has 1 aromatic heterocycles. The lowest BCUT2D eigenvalue weighted by molar-refractivity contribution is -0.0549. The van der Waals surface area contributed by atoms with Crippen molar-refractivity contribution >= 4 is 6.03 Å². The lowest BCUT2D eigenvalue weighted by Crippen LogP contribution is -2.52. The molecule has 2 rings (SSSR count). The molecular formula is C16H26N2O4. The van der Waals surface area contributed by atoms with E-state index in [0.29, 0.717) is 26.1 Å². The number of amides is 2. The van der Waals surface area contributed by atoms with Gasteiger partial charge in [-0.15, -0.1) is 0 Å². The molecule has 1 aliphatic heterocycles. The number of carbonyl (C=O) groups is 1. The molecule has 1 fully saturated rings. The molecule has 1 saturated heterocycles. The van der Waals surface area contributed by atoms with E-state index in [0.717, 1.165) is 11.5 Å². The zero-order chi connectivity index (χ0) is 16.1. The zero-order valence-electron chi connectivity index (χ0n) is 13.8. The monoisotopic (exact) mass is 310 g/mol. The van der Waals surface area contributed by atoms with E-state index in [9.17, 15) is 4.79 Å². The number of carbonyl (C=O) groups excluding carboxylic acids is 1. The van der Waals surface area contributed by atoms with Crippen LogP contribution < -0.4 is 5.32 Å². The lowest BCUT2D eigenvalue weighted by atomic mass is 10.1. The van der Waals surface area contributed by atoms with Crippen LogP contribution in [0.15, 0.2) is 16.5 Å². The fourth-order valence-electron chi connectivity index (χ4n) is 2.75. The molecule has 0 aromatic carbocycles. The van der Waals surface area contributed by atoms with E-state index in [1.54, 1.807) is 12.0 Å². The number of hydrogen-bond donors (Lipinski definition) is 1. The Morgan fingerprint density at radius 3 is 2.64 bits per heavy atom. The summed E-state index contributed by atoms with van der Waals surface area (Å²) in [6, 6.07) is 3.53. The van der Waals surface area contributed by atoms with Crippen LogP contribution in [0.5, 0.6) is 0 Å². The number of aryl methyl sites for hydroxylation is 1. The van der Waals surface area contributed by atoms with Crippen LogP contribution in [0.3, 0.4) is 0 Å². The predicted molar refractivity (Wildman–Crippen MR) is 82.8 cm³/mol. The van der Waals surface area contributed by atoms with E-state index in [2.05, 4.69) is 5.32 Å². The van der Waals surface area contributed by atoms with Crippen LogP contribution in [0.4, 0.5) is 4.79 Å². The minimum Gasteiger partial charge on any atom is -0.464 e. The van der Waals surface area contributed by atoms with Crippen molar-refractivity contribution in [2.45, 2.75) is 45.4 Å². The van der Waals surface area contributed by atoms with Crippen LogP contribution in [-0.2, 0) is 9.47 Å². The number of urea groups is 1. The molecule has 2 heterocycles. The van der Waals surface area contributed by atoms with E-state index in [4.69, 9.17) is 13.9 Å². The van der Waals surface area contributed by atoms with Crippen LogP contribution in [0.1, 0.15) is 37.8 Å². The first-order valence-corrected chi connectivity index (χ1v) is 7.75. The first-order chi connectivity index (χ1) is 10.5. The van der Waals surface area contributed by atoms with Gasteiger partial charge in [-0.25, -0.2) is 4.79 Å². The Balaban J connectivity index is 2.01. The number of nitrogens with zero attached hydrogens (tertiary/aromatic N) is 1. The summed E-state index contributed by atoms with van der Waals surface area (Å²) in [5, 5.41) is 3.05. The van der Waals surface area contributed by atoms with E-state index >= 15 is 0 Å². The maximum atomic E-state index is 12.5. The van der Waals surface area contributed by atoms with Gasteiger partial charge in [0.1, 0.15) is 11.5 Å². The summed E-state index contributed by atoms with van der Waals surface area (Å²) >= 11 is 0. The van der Waals surface area contributed by atoms with Crippen LogP contribution in [0.25, 0.3) is 0 Å². The molecule has 3 atom stereocenters. The standard InChI is InChI=1S/C16H26N2O4/c1-11-5-6-15(22-11)14(7-8-20-4)17-16(19)18-9-12(2)21-13(3)10-18/h5-6,12-14H,7-10H2,1-4H3,(H,17,19). The molecule has 1 N–H and O–H groups in total. The van der Waals surface area contributed by atoms with Gasteiger partial charge in [0.05, 0.1) is 18.2 Å². The summed E-state index contributed by atoms with van der Waals surface area (Å²) in [5.74, 6) is 1.59. The van der Waals surface area contributed by atoms with Crippen LogP contribution in [-0.4, -0.2) is 49.9 Å². The topological polar surface area (TPSA) is 63.9 Å². The third-order valence-electron chi connectivity index (χ3n) is 3.72. The average Bonchev–Trinajstić information content (AvgIpc) is 2.88. The highest BCUT2D eigenvalue weighted by Crippen LogP contribution is 2.20. The summed E-state index contributed by atoms with van der Waals surface area (Å²) in [6.45, 7) is 7.61. The second kappa shape index (κ2) is 7.65. The number of nitrogens with one attached hydrogen (secondary N) is 1. The quantitative estimate of drug-likeness (QED) is 0.907. The number of furan rings is 1. The third-order valence-corrected chi connectivity index (χ3v) is 3.72. The van der Waals surface area contributed by atoms with Gasteiger partial charge in [0.15, 0.2) is 0 Å². The fourth-order valence-corrected chi connectivity index (χ4v) is 2.75. The lowest BCUT2D eigenvalue weighted by Gasteiger charge is -2.36. The highest BCUT2D eigenvalue weighted by Gasteiger charge is 2.28. The fraction of sp³-hybridized carbons (Fsp3) is 0.688. The Morgan fingerprint density at radius 2 is 2.09 bits per heavy atom. The molecule has 0 saturated carbocycles. The normalized spacial score (nSPS) is 23.4. The second-order valence-electron chi connectivity index (χ2n) is 5.89. The molecule has 124 valence electrons. The Hall–Kier alpha value is -1.53. The summed E-state index contributed by atoms with van der Waals surface area (Å²) < 4.78 is 16.5. The minimum absolute atomic E-state index is 0.0535. The molecule has 0 spiro atoms. The Morgan fingerprint density at radius 1 is 1.41 bits per heavy atom. The van der Waals surface area contributed by atoms with Gasteiger partial charge in [-0.2, -0.15) is 0 Å². The van der Waals surface area contributed by atoms with Gasteiger partial charge >= 0.3 is 6.03 Å². The molecule has 6 heteroatoms. The smallest absolute Gasteiger partial charge is 0.318 e. The SMILES string of the molecule is COCCC(NC(=O)N1CC(C)OC(C)C1)c1ccc(C)o1. The molecular weight excluding hydrogens is 284 g/mol. The summed E-state index contributed by atoms with van der Waals surface area (Å²) in [7, 11) is 1.65. The van der Waals surface area contributed by atoms with Gasteiger partial charge in [-0.3, -0.25) is 0 Å². The van der Waals surface area contributed by atoms with E-state index in [1.165, 1.54) is 0 Å². The van der Waals surface area contributed by atoms with Crippen molar-refractivity contribution in [1.82, 2.24) is 10.2 Å². The minimum atomic E-state index is -0.186. The second-order valence-corrected chi connectivity index (χ2v) is 5.89. The van der Waals surface area contributed by atoms with Gasteiger partial charge < -0.3 is 24.1 Å². The maximum absolute atomic E-state index is 12.5.